The molecule has 0 fully saturated rings. The summed E-state index contributed by atoms with van der Waals surface area (Å²) in [5, 5.41) is 0. The van der Waals surface area contributed by atoms with E-state index in [0.717, 1.165) is 48.1 Å². The normalized spacial score (nSPS) is 23.4. The van der Waals surface area contributed by atoms with Crippen LogP contribution in [0.1, 0.15) is 90.5 Å². The van der Waals surface area contributed by atoms with E-state index in [2.05, 4.69) is 13.8 Å². The minimum absolute atomic E-state index is 0.0463. The second-order valence-electron chi connectivity index (χ2n) is 7.88. The first kappa shape index (κ1) is 18.0. The zero-order valence-corrected chi connectivity index (χ0v) is 15.6. The van der Waals surface area contributed by atoms with E-state index in [0.29, 0.717) is 30.8 Å². The van der Waals surface area contributed by atoms with Crippen LogP contribution in [0.15, 0.2) is 6.08 Å². The maximum absolute atomic E-state index is 13.1. The van der Waals surface area contributed by atoms with E-state index in [-0.39, 0.29) is 17.1 Å². The number of pyridine rings is 1. The number of nitrogens with zero attached hydrogens (tertiary/aromatic N) is 1. The van der Waals surface area contributed by atoms with Gasteiger partial charge in [-0.15, -0.1) is 0 Å². The molecule has 25 heavy (non-hydrogen) atoms. The monoisotopic (exact) mass is 341 g/mol. The van der Waals surface area contributed by atoms with Crippen molar-refractivity contribution >= 4 is 17.6 Å². The maximum atomic E-state index is 13.1. The molecule has 1 aliphatic carbocycles. The Hall–Kier alpha value is -1.81. The van der Waals surface area contributed by atoms with Gasteiger partial charge < -0.3 is 4.74 Å². The van der Waals surface area contributed by atoms with Crippen molar-refractivity contribution in [2.45, 2.75) is 59.3 Å². The van der Waals surface area contributed by atoms with Crippen molar-refractivity contribution in [1.29, 1.82) is 0 Å². The molecule has 2 heterocycles. The molecule has 1 aromatic heterocycles. The van der Waals surface area contributed by atoms with Crippen LogP contribution < -0.4 is 0 Å². The molecule has 4 nitrogen and oxygen atoms in total. The summed E-state index contributed by atoms with van der Waals surface area (Å²) in [5.74, 6) is 0.258. The molecule has 1 aliphatic heterocycles. The minimum atomic E-state index is -0.0463. The molecule has 1 aromatic rings. The van der Waals surface area contributed by atoms with Crippen LogP contribution in [-0.4, -0.2) is 30.3 Å². The predicted octanol–water partition coefficient (Wildman–Crippen LogP) is 4.37. The molecule has 1 atom stereocenters. The van der Waals surface area contributed by atoms with Crippen LogP contribution in [0, 0.1) is 5.41 Å². The number of hydrogen-bond acceptors (Lipinski definition) is 4. The smallest absolute Gasteiger partial charge is 0.165 e. The molecular weight excluding hydrogens is 314 g/mol. The van der Waals surface area contributed by atoms with Crippen LogP contribution in [0.25, 0.3) is 5.57 Å². The third-order valence-electron chi connectivity index (χ3n) is 5.60. The predicted molar refractivity (Wildman–Crippen MR) is 98.2 cm³/mol. The Morgan fingerprint density at radius 1 is 1.32 bits per heavy atom. The summed E-state index contributed by atoms with van der Waals surface area (Å²) in [6.45, 7) is 9.54. The third-order valence-corrected chi connectivity index (χ3v) is 5.60. The van der Waals surface area contributed by atoms with Crippen molar-refractivity contribution in [2.24, 2.45) is 5.41 Å². The molecule has 0 radical (unpaired) electrons. The highest BCUT2D eigenvalue weighted by atomic mass is 16.5. The molecule has 0 spiro atoms. The van der Waals surface area contributed by atoms with Gasteiger partial charge in [-0.25, -0.2) is 0 Å². The Labute approximate surface area is 149 Å². The van der Waals surface area contributed by atoms with Crippen LogP contribution in [-0.2, 0) is 11.2 Å². The molecule has 0 saturated carbocycles. The quantitative estimate of drug-likeness (QED) is 0.763. The summed E-state index contributed by atoms with van der Waals surface area (Å²) in [7, 11) is 0. The second-order valence-corrected chi connectivity index (χ2v) is 7.88. The number of hydrogen-bond donors (Lipinski definition) is 0. The lowest BCUT2D eigenvalue weighted by Gasteiger charge is -2.35. The minimum Gasteiger partial charge on any atom is -0.377 e. The zero-order valence-electron chi connectivity index (χ0n) is 15.6. The van der Waals surface area contributed by atoms with Crippen molar-refractivity contribution < 1.29 is 14.3 Å². The fraction of sp³-hybridized carbons (Fsp3) is 0.571. The average Bonchev–Trinajstić information content (AvgIpc) is 2.60. The SMILES string of the molecule is CCC1(C)CC(=O)c2c(nc(C(C)C)c(C=O)c2C2=CCOCC2)C1. The van der Waals surface area contributed by atoms with Crippen molar-refractivity contribution in [3.63, 3.8) is 0 Å². The first-order chi connectivity index (χ1) is 11.9. The van der Waals surface area contributed by atoms with Gasteiger partial charge in [-0.1, -0.05) is 33.8 Å². The molecule has 134 valence electrons. The van der Waals surface area contributed by atoms with E-state index in [1.807, 2.05) is 19.9 Å². The maximum Gasteiger partial charge on any atom is 0.165 e. The van der Waals surface area contributed by atoms with Gasteiger partial charge in [-0.05, 0) is 36.2 Å². The van der Waals surface area contributed by atoms with Crippen LogP contribution in [0.2, 0.25) is 0 Å². The van der Waals surface area contributed by atoms with Crippen molar-refractivity contribution in [3.05, 3.63) is 34.2 Å². The number of rotatable bonds is 4. The molecule has 2 aliphatic rings. The molecule has 0 saturated heterocycles. The molecule has 4 heteroatoms. The van der Waals surface area contributed by atoms with Crippen LogP contribution in [0.3, 0.4) is 0 Å². The highest BCUT2D eigenvalue weighted by molar-refractivity contribution is 6.06. The van der Waals surface area contributed by atoms with Gasteiger partial charge in [0.2, 0.25) is 0 Å². The Balaban J connectivity index is 2.30. The number of ketones is 1. The van der Waals surface area contributed by atoms with Crippen molar-refractivity contribution in [2.75, 3.05) is 13.2 Å². The summed E-state index contributed by atoms with van der Waals surface area (Å²) in [6.07, 6.45) is 5.88. The van der Waals surface area contributed by atoms with Gasteiger partial charge in [0.25, 0.3) is 0 Å². The lowest BCUT2D eigenvalue weighted by atomic mass is 9.70. The molecule has 0 amide bonds. The largest absolute Gasteiger partial charge is 0.377 e. The van der Waals surface area contributed by atoms with E-state index in [1.54, 1.807) is 0 Å². The zero-order chi connectivity index (χ0) is 18.2. The standard InChI is InChI=1S/C21H27NO3/c1-5-21(4)10-16-19(17(24)11-21)18(14-6-8-25-9-7-14)15(12-23)20(22-16)13(2)3/h6,12-13H,5,7-11H2,1-4H3. The number of ether oxygens (including phenoxy) is 1. The van der Waals surface area contributed by atoms with Gasteiger partial charge in [0.1, 0.15) is 0 Å². The van der Waals surface area contributed by atoms with E-state index < -0.39 is 0 Å². The van der Waals surface area contributed by atoms with Crippen LogP contribution in [0.5, 0.6) is 0 Å². The van der Waals surface area contributed by atoms with Crippen LogP contribution in [0.4, 0.5) is 0 Å². The van der Waals surface area contributed by atoms with E-state index in [4.69, 9.17) is 9.72 Å². The Morgan fingerprint density at radius 3 is 2.64 bits per heavy atom. The number of Topliss-reactive ketones (excluding diaryl/α,β-unsaturated/α-hetero) is 1. The molecule has 0 N–H and O–H groups in total. The second kappa shape index (κ2) is 6.83. The Bertz CT molecular complexity index is 748. The van der Waals surface area contributed by atoms with Crippen molar-refractivity contribution in [1.82, 2.24) is 4.98 Å². The average molecular weight is 341 g/mol. The van der Waals surface area contributed by atoms with Crippen LogP contribution >= 0.6 is 0 Å². The summed E-state index contributed by atoms with van der Waals surface area (Å²) in [4.78, 5) is 29.8. The lowest BCUT2D eigenvalue weighted by Crippen LogP contribution is -2.32. The van der Waals surface area contributed by atoms with Gasteiger partial charge >= 0.3 is 0 Å². The van der Waals surface area contributed by atoms with Crippen molar-refractivity contribution in [3.8, 4) is 0 Å². The number of aldehydes is 1. The third kappa shape index (κ3) is 3.20. The molecule has 3 rings (SSSR count). The number of fused-ring (bicyclic) bond motifs is 1. The van der Waals surface area contributed by atoms with Gasteiger partial charge in [0, 0.05) is 23.1 Å². The molecule has 0 bridgehead atoms. The van der Waals surface area contributed by atoms with Gasteiger partial charge in [-0.3, -0.25) is 14.6 Å². The molecule has 0 aromatic carbocycles. The number of carbonyl (C=O) groups is 2. The fourth-order valence-electron chi connectivity index (χ4n) is 3.94. The highest BCUT2D eigenvalue weighted by Crippen LogP contribution is 2.42. The Morgan fingerprint density at radius 2 is 2.08 bits per heavy atom. The van der Waals surface area contributed by atoms with E-state index in [1.165, 1.54) is 0 Å². The topological polar surface area (TPSA) is 56.3 Å². The fourth-order valence-corrected chi connectivity index (χ4v) is 3.94. The highest BCUT2D eigenvalue weighted by Gasteiger charge is 2.38. The lowest BCUT2D eigenvalue weighted by molar-refractivity contribution is 0.0891. The van der Waals surface area contributed by atoms with Gasteiger partial charge in [-0.2, -0.15) is 0 Å². The number of carbonyl (C=O) groups excluding carboxylic acids is 2. The summed E-state index contributed by atoms with van der Waals surface area (Å²) < 4.78 is 5.43. The van der Waals surface area contributed by atoms with Gasteiger partial charge in [0.15, 0.2) is 12.1 Å². The first-order valence-corrected chi connectivity index (χ1v) is 9.22. The Kier molecular flexibility index (Phi) is 4.92. The van der Waals surface area contributed by atoms with E-state index in [9.17, 15) is 9.59 Å². The molecule has 1 unspecified atom stereocenters. The number of aromatic nitrogens is 1. The van der Waals surface area contributed by atoms with E-state index >= 15 is 0 Å². The van der Waals surface area contributed by atoms with Gasteiger partial charge in [0.05, 0.1) is 24.6 Å². The summed E-state index contributed by atoms with van der Waals surface area (Å²) in [6, 6.07) is 0. The molecular formula is C21H27NO3. The first-order valence-electron chi connectivity index (χ1n) is 9.22. The summed E-state index contributed by atoms with van der Waals surface area (Å²) >= 11 is 0. The summed E-state index contributed by atoms with van der Waals surface area (Å²) in [5.41, 5.74) is 4.80.